The van der Waals surface area contributed by atoms with E-state index in [1.54, 1.807) is 48.5 Å². The molecule has 0 spiro atoms. The molecule has 4 rings (SSSR count). The summed E-state index contributed by atoms with van der Waals surface area (Å²) < 4.78 is 34.5. The van der Waals surface area contributed by atoms with Crippen LogP contribution in [0.2, 0.25) is 0 Å². The van der Waals surface area contributed by atoms with Gasteiger partial charge in [-0.1, -0.05) is 6.07 Å². The van der Waals surface area contributed by atoms with E-state index in [-0.39, 0.29) is 5.69 Å². The number of amides is 2. The Morgan fingerprint density at radius 2 is 1.94 bits per heavy atom. The van der Waals surface area contributed by atoms with Crippen LogP contribution in [-0.4, -0.2) is 20.8 Å². The molecule has 0 saturated heterocycles. The average molecular weight is 435 g/mol. The second kappa shape index (κ2) is 9.25. The molecule has 0 unspecified atom stereocenters. The molecule has 0 bridgehead atoms. The van der Waals surface area contributed by atoms with E-state index >= 15 is 0 Å². The summed E-state index contributed by atoms with van der Waals surface area (Å²) in [6, 6.07) is 12.9. The number of nitrogens with one attached hydrogen (secondary N) is 2. The summed E-state index contributed by atoms with van der Waals surface area (Å²) in [6.07, 6.45) is 5.07. The number of nitrogens with zero attached hydrogens (tertiary/aromatic N) is 3. The first-order valence-electron chi connectivity index (χ1n) is 9.67. The van der Waals surface area contributed by atoms with Crippen LogP contribution in [-0.2, 0) is 13.7 Å². The summed E-state index contributed by atoms with van der Waals surface area (Å²) in [5.41, 5.74) is 2.72. The summed E-state index contributed by atoms with van der Waals surface area (Å²) in [6.45, 7) is 0.315. The first-order valence-corrected chi connectivity index (χ1v) is 9.67. The zero-order valence-electron chi connectivity index (χ0n) is 17.0. The van der Waals surface area contributed by atoms with Crippen LogP contribution >= 0.6 is 0 Å². The van der Waals surface area contributed by atoms with Crippen molar-refractivity contribution in [2.75, 3.05) is 10.6 Å². The predicted octanol–water partition coefficient (Wildman–Crippen LogP) is 4.98. The van der Waals surface area contributed by atoms with Gasteiger partial charge in [0, 0.05) is 48.5 Å². The largest absolute Gasteiger partial charge is 0.488 e. The maximum atomic E-state index is 13.8. The minimum absolute atomic E-state index is 0.132. The van der Waals surface area contributed by atoms with E-state index in [4.69, 9.17) is 4.74 Å². The van der Waals surface area contributed by atoms with Gasteiger partial charge in [-0.2, -0.15) is 5.10 Å². The Kier molecular flexibility index (Phi) is 6.07. The number of aryl methyl sites for hydroxylation is 1. The van der Waals surface area contributed by atoms with Crippen molar-refractivity contribution in [1.29, 1.82) is 0 Å². The van der Waals surface area contributed by atoms with Gasteiger partial charge in [-0.3, -0.25) is 9.67 Å². The number of anilines is 2. The Morgan fingerprint density at radius 1 is 1.06 bits per heavy atom. The smallest absolute Gasteiger partial charge is 0.323 e. The lowest BCUT2D eigenvalue weighted by Gasteiger charge is -2.15. The van der Waals surface area contributed by atoms with Gasteiger partial charge in [-0.15, -0.1) is 0 Å². The third-order valence-electron chi connectivity index (χ3n) is 4.63. The number of halogens is 2. The number of carbonyl (C=O) groups is 1. The normalized spacial score (nSPS) is 10.6. The van der Waals surface area contributed by atoms with Crippen molar-refractivity contribution < 1.29 is 18.3 Å². The molecule has 2 N–H and O–H groups in total. The van der Waals surface area contributed by atoms with Gasteiger partial charge in [0.25, 0.3) is 0 Å². The zero-order valence-corrected chi connectivity index (χ0v) is 17.0. The van der Waals surface area contributed by atoms with Gasteiger partial charge in [0.1, 0.15) is 24.0 Å². The topological polar surface area (TPSA) is 81.1 Å². The molecule has 9 heteroatoms. The van der Waals surface area contributed by atoms with Crippen LogP contribution in [0.1, 0.15) is 5.56 Å². The molecule has 0 atom stereocenters. The summed E-state index contributed by atoms with van der Waals surface area (Å²) in [5.74, 6) is -1.00. The second-order valence-electron chi connectivity index (χ2n) is 6.90. The lowest BCUT2D eigenvalue weighted by Crippen LogP contribution is -2.20. The van der Waals surface area contributed by atoms with Crippen LogP contribution in [0.25, 0.3) is 11.3 Å². The summed E-state index contributed by atoms with van der Waals surface area (Å²) in [7, 11) is 1.80. The molecule has 2 heterocycles. The lowest BCUT2D eigenvalue weighted by molar-refractivity contribution is 0.262. The molecule has 0 fully saturated rings. The van der Waals surface area contributed by atoms with E-state index in [0.717, 1.165) is 23.4 Å². The number of rotatable bonds is 6. The van der Waals surface area contributed by atoms with E-state index in [0.29, 0.717) is 29.7 Å². The molecule has 0 aliphatic rings. The minimum Gasteiger partial charge on any atom is -0.488 e. The van der Waals surface area contributed by atoms with Crippen molar-refractivity contribution in [3.63, 3.8) is 0 Å². The third kappa shape index (κ3) is 4.89. The van der Waals surface area contributed by atoms with Crippen molar-refractivity contribution in [2.45, 2.75) is 6.61 Å². The molecule has 162 valence electrons. The fraction of sp³-hybridized carbons (Fsp3) is 0.0870. The van der Waals surface area contributed by atoms with Gasteiger partial charge in [0.2, 0.25) is 0 Å². The molecule has 4 aromatic rings. The van der Waals surface area contributed by atoms with Crippen LogP contribution in [0, 0.1) is 11.6 Å². The molecule has 0 aliphatic carbocycles. The van der Waals surface area contributed by atoms with Gasteiger partial charge in [0.15, 0.2) is 0 Å². The zero-order chi connectivity index (χ0) is 22.5. The molecule has 2 aromatic carbocycles. The molecule has 32 heavy (non-hydrogen) atoms. The number of hydrogen-bond acceptors (Lipinski definition) is 4. The lowest BCUT2D eigenvalue weighted by atomic mass is 10.1. The summed E-state index contributed by atoms with van der Waals surface area (Å²) >= 11 is 0. The van der Waals surface area contributed by atoms with Crippen LogP contribution in [0.4, 0.5) is 25.0 Å². The molecule has 2 aromatic heterocycles. The summed E-state index contributed by atoms with van der Waals surface area (Å²) in [4.78, 5) is 16.4. The van der Waals surface area contributed by atoms with E-state index in [1.807, 2.05) is 18.2 Å². The molecule has 0 aliphatic heterocycles. The van der Waals surface area contributed by atoms with Crippen molar-refractivity contribution in [3.05, 3.63) is 90.4 Å². The number of benzene rings is 2. The van der Waals surface area contributed by atoms with Gasteiger partial charge in [-0.25, -0.2) is 13.6 Å². The molecule has 0 radical (unpaired) electrons. The van der Waals surface area contributed by atoms with Crippen molar-refractivity contribution in [1.82, 2.24) is 14.8 Å². The number of pyridine rings is 1. The van der Waals surface area contributed by atoms with Crippen LogP contribution in [0.3, 0.4) is 0 Å². The van der Waals surface area contributed by atoms with Crippen molar-refractivity contribution >= 4 is 17.4 Å². The van der Waals surface area contributed by atoms with Crippen LogP contribution < -0.4 is 15.4 Å². The van der Waals surface area contributed by atoms with Gasteiger partial charge in [0.05, 0.1) is 11.4 Å². The molecular weight excluding hydrogens is 416 g/mol. The fourth-order valence-corrected chi connectivity index (χ4v) is 3.09. The number of urea groups is 1. The molecule has 2 amide bonds. The quantitative estimate of drug-likeness (QED) is 0.447. The van der Waals surface area contributed by atoms with Gasteiger partial charge >= 0.3 is 6.03 Å². The van der Waals surface area contributed by atoms with E-state index in [9.17, 15) is 13.6 Å². The van der Waals surface area contributed by atoms with Gasteiger partial charge in [-0.05, 0) is 42.5 Å². The first-order chi connectivity index (χ1) is 15.5. The maximum absolute atomic E-state index is 13.8. The molecular formula is C23H19F2N5O2. The Bertz CT molecular complexity index is 1240. The van der Waals surface area contributed by atoms with E-state index in [1.165, 1.54) is 0 Å². The number of aromatic nitrogens is 3. The Labute approximate surface area is 182 Å². The number of ether oxygens (including phenoxy) is 1. The van der Waals surface area contributed by atoms with Crippen molar-refractivity contribution in [3.8, 4) is 17.0 Å². The minimum atomic E-state index is -0.866. The maximum Gasteiger partial charge on any atom is 0.323 e. The number of carbonyl (C=O) groups excluding carboxylic acids is 1. The SMILES string of the molecule is Cn1nccc1-c1cc(NC(=O)Nc2ccc(F)cc2F)ccc1OCc1cccnc1. The van der Waals surface area contributed by atoms with Crippen molar-refractivity contribution in [2.24, 2.45) is 7.05 Å². The predicted molar refractivity (Wildman–Crippen MR) is 116 cm³/mol. The van der Waals surface area contributed by atoms with E-state index < -0.39 is 17.7 Å². The van der Waals surface area contributed by atoms with Gasteiger partial charge < -0.3 is 15.4 Å². The highest BCUT2D eigenvalue weighted by Gasteiger charge is 2.14. The average Bonchev–Trinajstić information content (AvgIpc) is 3.21. The molecule has 0 saturated carbocycles. The second-order valence-corrected chi connectivity index (χ2v) is 6.90. The van der Waals surface area contributed by atoms with E-state index in [2.05, 4.69) is 20.7 Å². The Morgan fingerprint density at radius 3 is 2.66 bits per heavy atom. The monoisotopic (exact) mass is 435 g/mol. The molecule has 7 nitrogen and oxygen atoms in total. The highest BCUT2D eigenvalue weighted by atomic mass is 19.1. The number of hydrogen-bond donors (Lipinski definition) is 2. The highest BCUT2D eigenvalue weighted by molar-refractivity contribution is 6.00. The van der Waals surface area contributed by atoms with Crippen LogP contribution in [0.15, 0.2) is 73.2 Å². The Balaban J connectivity index is 1.55. The van der Waals surface area contributed by atoms with Crippen LogP contribution in [0.5, 0.6) is 5.75 Å². The fourth-order valence-electron chi connectivity index (χ4n) is 3.09. The highest BCUT2D eigenvalue weighted by Crippen LogP contribution is 2.33. The first kappa shape index (κ1) is 21.0. The Hall–Kier alpha value is -4.27. The third-order valence-corrected chi connectivity index (χ3v) is 4.63. The summed E-state index contributed by atoms with van der Waals surface area (Å²) in [5, 5.41) is 9.21. The standard InChI is InChI=1S/C23H19F2N5O2/c1-30-21(8-10-27-30)18-12-17(5-7-22(18)32-14-15-3-2-9-26-13-15)28-23(31)29-20-6-4-16(24)11-19(20)25/h2-13H,14H2,1H3,(H2,28,29,31).